The largest absolute Gasteiger partial charge is 0.477 e. The number of aliphatic carboxylic acids is 1. The summed E-state index contributed by atoms with van der Waals surface area (Å²) in [6.07, 6.45) is 1.45. The molecule has 3 aromatic heterocycles. The molecule has 0 saturated heterocycles. The van der Waals surface area contributed by atoms with Gasteiger partial charge in [-0.25, -0.2) is 14.8 Å². The van der Waals surface area contributed by atoms with Crippen molar-refractivity contribution in [2.75, 3.05) is 0 Å². The van der Waals surface area contributed by atoms with Crippen molar-refractivity contribution in [1.29, 1.82) is 0 Å². The fraction of sp³-hybridized carbons (Fsp3) is 0. The first-order chi connectivity index (χ1) is 14.6. The predicted molar refractivity (Wildman–Crippen MR) is 114 cm³/mol. The molecule has 0 amide bonds. The van der Waals surface area contributed by atoms with Gasteiger partial charge in [0.15, 0.2) is 15.8 Å². The number of furan rings is 1. The Morgan fingerprint density at radius 1 is 0.967 bits per heavy atom. The SMILES string of the molecule is O=C(O)/C(=C/c1ccc(Sc2nc3ccccc3[nH]2)o1)Sc1nc2ccccc2o1. The Bertz CT molecular complexity index is 1330. The van der Waals surface area contributed by atoms with Gasteiger partial charge in [-0.15, -0.1) is 0 Å². The zero-order valence-corrected chi connectivity index (χ0v) is 16.9. The molecule has 7 nitrogen and oxygen atoms in total. The van der Waals surface area contributed by atoms with Crippen LogP contribution in [-0.4, -0.2) is 26.0 Å². The summed E-state index contributed by atoms with van der Waals surface area (Å²) < 4.78 is 11.4. The first kappa shape index (κ1) is 18.6. The number of aromatic nitrogens is 3. The number of hydrogen-bond donors (Lipinski definition) is 2. The van der Waals surface area contributed by atoms with E-state index in [0.717, 1.165) is 22.8 Å². The van der Waals surface area contributed by atoms with Crippen molar-refractivity contribution in [3.8, 4) is 0 Å². The molecular weight excluding hydrogens is 422 g/mol. The van der Waals surface area contributed by atoms with Crippen molar-refractivity contribution < 1.29 is 18.7 Å². The average molecular weight is 435 g/mol. The molecule has 0 aliphatic carbocycles. The minimum atomic E-state index is -1.09. The standard InChI is InChI=1S/C21H13N3O4S2/c25-19(26)17(29-21-24-15-7-3-4-8-16(15)28-21)11-12-9-10-18(27-12)30-20-22-13-5-1-2-6-14(13)23-20/h1-11H,(H,22,23)(H,25,26)/b17-11-. The van der Waals surface area contributed by atoms with Gasteiger partial charge in [0.2, 0.25) is 0 Å². The second-order valence-electron chi connectivity index (χ2n) is 6.18. The van der Waals surface area contributed by atoms with Crippen LogP contribution in [0.15, 0.2) is 89.9 Å². The van der Waals surface area contributed by atoms with Crippen LogP contribution in [0.5, 0.6) is 0 Å². The highest BCUT2D eigenvalue weighted by Gasteiger charge is 2.16. The third-order valence-electron chi connectivity index (χ3n) is 4.12. The van der Waals surface area contributed by atoms with Crippen molar-refractivity contribution >= 4 is 57.7 Å². The second kappa shape index (κ2) is 7.77. The van der Waals surface area contributed by atoms with Crippen molar-refractivity contribution in [3.05, 3.63) is 71.3 Å². The molecule has 0 spiro atoms. The molecule has 0 saturated carbocycles. The topological polar surface area (TPSA) is 105 Å². The molecule has 0 radical (unpaired) electrons. The van der Waals surface area contributed by atoms with E-state index in [4.69, 9.17) is 8.83 Å². The molecule has 0 fully saturated rings. The number of para-hydroxylation sites is 4. The molecule has 5 rings (SSSR count). The Morgan fingerprint density at radius 2 is 1.77 bits per heavy atom. The van der Waals surface area contributed by atoms with Gasteiger partial charge >= 0.3 is 5.97 Å². The molecule has 0 atom stereocenters. The van der Waals surface area contributed by atoms with Gasteiger partial charge in [0.05, 0.1) is 11.0 Å². The number of carboxylic acids is 1. The lowest BCUT2D eigenvalue weighted by atomic mass is 10.3. The quantitative estimate of drug-likeness (QED) is 0.260. The average Bonchev–Trinajstić information content (AvgIpc) is 3.44. The van der Waals surface area contributed by atoms with E-state index in [2.05, 4.69) is 15.0 Å². The number of aromatic amines is 1. The predicted octanol–water partition coefficient (Wildman–Crippen LogP) is 5.67. The lowest BCUT2D eigenvalue weighted by Gasteiger charge is -1.97. The summed E-state index contributed by atoms with van der Waals surface area (Å²) >= 11 is 2.26. The lowest BCUT2D eigenvalue weighted by molar-refractivity contribution is -0.131. The van der Waals surface area contributed by atoms with E-state index in [-0.39, 0.29) is 10.1 Å². The van der Waals surface area contributed by atoms with Crippen LogP contribution >= 0.6 is 23.5 Å². The Labute approximate surface area is 178 Å². The Morgan fingerprint density at radius 3 is 2.57 bits per heavy atom. The minimum absolute atomic E-state index is 0.0381. The van der Waals surface area contributed by atoms with Crippen molar-refractivity contribution in [3.63, 3.8) is 0 Å². The molecule has 0 unspecified atom stereocenters. The molecule has 2 aromatic carbocycles. The number of thioether (sulfide) groups is 1. The summed E-state index contributed by atoms with van der Waals surface area (Å²) in [7, 11) is 0. The fourth-order valence-electron chi connectivity index (χ4n) is 2.79. The molecular formula is C21H13N3O4S2. The van der Waals surface area contributed by atoms with E-state index < -0.39 is 5.97 Å². The maximum atomic E-state index is 11.7. The number of benzene rings is 2. The van der Waals surface area contributed by atoms with E-state index in [1.807, 2.05) is 36.4 Å². The maximum absolute atomic E-state index is 11.7. The minimum Gasteiger partial charge on any atom is -0.477 e. The highest BCUT2D eigenvalue weighted by atomic mass is 32.2. The number of fused-ring (bicyclic) bond motifs is 2. The van der Waals surface area contributed by atoms with Crippen LogP contribution in [0.2, 0.25) is 0 Å². The van der Waals surface area contributed by atoms with Gasteiger partial charge in [0.25, 0.3) is 5.22 Å². The summed E-state index contributed by atoms with van der Waals surface area (Å²) in [4.78, 5) is 23.8. The third kappa shape index (κ3) is 3.85. The fourth-order valence-corrected chi connectivity index (χ4v) is 4.29. The number of oxazole rings is 1. The molecule has 3 heterocycles. The molecule has 30 heavy (non-hydrogen) atoms. The van der Waals surface area contributed by atoms with Crippen LogP contribution in [0.25, 0.3) is 28.2 Å². The number of hydrogen-bond acceptors (Lipinski definition) is 7. The molecule has 0 bridgehead atoms. The van der Waals surface area contributed by atoms with Crippen molar-refractivity contribution in [2.45, 2.75) is 15.5 Å². The summed E-state index contributed by atoms with van der Waals surface area (Å²) in [5, 5.41) is 11.1. The molecule has 2 N–H and O–H groups in total. The summed E-state index contributed by atoms with van der Waals surface area (Å²) in [5.74, 6) is -0.681. The van der Waals surface area contributed by atoms with Crippen LogP contribution < -0.4 is 0 Å². The van der Waals surface area contributed by atoms with E-state index in [0.29, 0.717) is 27.1 Å². The zero-order valence-electron chi connectivity index (χ0n) is 15.2. The van der Waals surface area contributed by atoms with Gasteiger partial charge < -0.3 is 18.9 Å². The van der Waals surface area contributed by atoms with Gasteiger partial charge in [-0.05, 0) is 59.9 Å². The van der Waals surface area contributed by atoms with Crippen molar-refractivity contribution in [1.82, 2.24) is 15.0 Å². The Kier molecular flexibility index (Phi) is 4.82. The van der Waals surface area contributed by atoms with E-state index in [1.165, 1.54) is 17.8 Å². The van der Waals surface area contributed by atoms with Gasteiger partial charge in [0.1, 0.15) is 16.2 Å². The number of H-pyrrole nitrogens is 1. The Balaban J connectivity index is 1.36. The Hall–Kier alpha value is -3.43. The van der Waals surface area contributed by atoms with E-state index in [1.54, 1.807) is 24.3 Å². The number of carboxylic acid groups (broad SMARTS) is 1. The number of nitrogens with one attached hydrogen (secondary N) is 1. The van der Waals surface area contributed by atoms with Crippen LogP contribution in [0.4, 0.5) is 0 Å². The molecule has 148 valence electrons. The number of carbonyl (C=O) groups is 1. The van der Waals surface area contributed by atoms with Crippen molar-refractivity contribution in [2.24, 2.45) is 0 Å². The van der Waals surface area contributed by atoms with Crippen LogP contribution in [-0.2, 0) is 4.79 Å². The number of rotatable bonds is 6. The first-order valence-corrected chi connectivity index (χ1v) is 10.5. The van der Waals surface area contributed by atoms with Gasteiger partial charge in [0, 0.05) is 6.08 Å². The number of imidazole rings is 1. The summed E-state index contributed by atoms with van der Waals surface area (Å²) in [5.41, 5.74) is 3.09. The maximum Gasteiger partial charge on any atom is 0.342 e. The smallest absolute Gasteiger partial charge is 0.342 e. The first-order valence-electron chi connectivity index (χ1n) is 8.85. The normalized spacial score (nSPS) is 12.1. The lowest BCUT2D eigenvalue weighted by Crippen LogP contribution is -1.96. The highest BCUT2D eigenvalue weighted by molar-refractivity contribution is 8.03. The summed E-state index contributed by atoms with van der Waals surface area (Å²) in [6, 6.07) is 18.5. The number of nitrogens with zero attached hydrogens (tertiary/aromatic N) is 2. The van der Waals surface area contributed by atoms with E-state index in [9.17, 15) is 9.90 Å². The van der Waals surface area contributed by atoms with Gasteiger partial charge in [-0.2, -0.15) is 0 Å². The molecule has 0 aliphatic rings. The molecule has 9 heteroatoms. The molecule has 0 aliphatic heterocycles. The van der Waals surface area contributed by atoms with Crippen LogP contribution in [0.3, 0.4) is 0 Å². The van der Waals surface area contributed by atoms with E-state index >= 15 is 0 Å². The highest BCUT2D eigenvalue weighted by Crippen LogP contribution is 2.33. The molecule has 5 aromatic rings. The van der Waals surface area contributed by atoms with Gasteiger partial charge in [-0.3, -0.25) is 0 Å². The second-order valence-corrected chi connectivity index (χ2v) is 8.17. The van der Waals surface area contributed by atoms with Crippen LogP contribution in [0, 0.1) is 0 Å². The van der Waals surface area contributed by atoms with Gasteiger partial charge in [-0.1, -0.05) is 24.3 Å². The summed E-state index contributed by atoms with van der Waals surface area (Å²) in [6.45, 7) is 0. The third-order valence-corrected chi connectivity index (χ3v) is 5.79. The monoisotopic (exact) mass is 435 g/mol. The zero-order chi connectivity index (χ0) is 20.5. The van der Waals surface area contributed by atoms with Crippen LogP contribution in [0.1, 0.15) is 5.76 Å².